The summed E-state index contributed by atoms with van der Waals surface area (Å²) in [5.41, 5.74) is 4.04. The molecule has 2 aromatic carbocycles. The molecule has 1 aliphatic carbocycles. The lowest BCUT2D eigenvalue weighted by Gasteiger charge is -2.18. The van der Waals surface area contributed by atoms with E-state index >= 15 is 0 Å². The zero-order valence-electron chi connectivity index (χ0n) is 16.3. The van der Waals surface area contributed by atoms with Gasteiger partial charge in [0.15, 0.2) is 5.16 Å². The maximum Gasteiger partial charge on any atom is 0.242 e. The van der Waals surface area contributed by atoms with E-state index < -0.39 is 5.25 Å². The first-order valence-electron chi connectivity index (χ1n) is 9.53. The highest BCUT2D eigenvalue weighted by Crippen LogP contribution is 2.42. The molecule has 28 heavy (non-hydrogen) atoms. The third-order valence-electron chi connectivity index (χ3n) is 4.80. The number of aromatic nitrogens is 3. The molecule has 0 saturated heterocycles. The van der Waals surface area contributed by atoms with Gasteiger partial charge in [-0.25, -0.2) is 0 Å². The van der Waals surface area contributed by atoms with Crippen molar-refractivity contribution in [2.45, 2.75) is 50.1 Å². The number of hydrogen-bond donors (Lipinski definition) is 1. The highest BCUT2D eigenvalue weighted by molar-refractivity contribution is 8.00. The van der Waals surface area contributed by atoms with Gasteiger partial charge >= 0.3 is 0 Å². The fourth-order valence-electron chi connectivity index (χ4n) is 3.44. The molecule has 0 spiro atoms. The first kappa shape index (κ1) is 18.7. The Labute approximate surface area is 169 Å². The normalized spacial score (nSPS) is 14.7. The molecule has 3 aromatic rings. The quantitative estimate of drug-likeness (QED) is 0.599. The zero-order chi connectivity index (χ0) is 19.7. The molecule has 0 aliphatic heterocycles. The van der Waals surface area contributed by atoms with Crippen LogP contribution in [0.1, 0.15) is 46.6 Å². The minimum Gasteiger partial charge on any atom is -0.325 e. The third-order valence-corrected chi connectivity index (χ3v) is 6.01. The molecule has 0 radical (unpaired) electrons. The third kappa shape index (κ3) is 4.12. The summed E-state index contributed by atoms with van der Waals surface area (Å²) in [5, 5.41) is 12.1. The lowest BCUT2D eigenvalue weighted by Crippen LogP contribution is -2.19. The standard InChI is InChI=1S/C22H24N4OS/c1-14-11-15(2)13-18(12-14)23-21(27)20(17-7-5-4-6-8-17)28-22-25-24-16(3)26(22)19-9-10-19/h4-8,11-13,19-20H,9-10H2,1-3H3,(H,23,27)/t20-/m0/s1. The summed E-state index contributed by atoms with van der Waals surface area (Å²) in [5.74, 6) is 0.857. The van der Waals surface area contributed by atoms with Gasteiger partial charge in [-0.05, 0) is 62.4 Å². The van der Waals surface area contributed by atoms with Crippen LogP contribution >= 0.6 is 11.8 Å². The molecule has 1 atom stereocenters. The minimum atomic E-state index is -0.400. The van der Waals surface area contributed by atoms with E-state index in [1.165, 1.54) is 11.8 Å². The molecule has 1 fully saturated rings. The average molecular weight is 393 g/mol. The SMILES string of the molecule is Cc1cc(C)cc(NC(=O)[C@@H](Sc2nnc(C)n2C2CC2)c2ccccc2)c1. The molecule has 6 heteroatoms. The van der Waals surface area contributed by atoms with Gasteiger partial charge in [-0.3, -0.25) is 4.79 Å². The first-order chi connectivity index (χ1) is 13.5. The van der Waals surface area contributed by atoms with Gasteiger partial charge in [0.2, 0.25) is 5.91 Å². The molecule has 1 N–H and O–H groups in total. The first-order valence-corrected chi connectivity index (χ1v) is 10.4. The molecular formula is C22H24N4OS. The van der Waals surface area contributed by atoms with Gasteiger partial charge in [-0.15, -0.1) is 10.2 Å². The second-order valence-electron chi connectivity index (χ2n) is 7.41. The van der Waals surface area contributed by atoms with Crippen molar-refractivity contribution in [2.24, 2.45) is 0 Å². The number of rotatable bonds is 6. The summed E-state index contributed by atoms with van der Waals surface area (Å²) in [4.78, 5) is 13.3. The molecule has 1 heterocycles. The molecule has 1 aromatic heterocycles. The number of nitrogens with zero attached hydrogens (tertiary/aromatic N) is 3. The maximum atomic E-state index is 13.3. The maximum absolute atomic E-state index is 13.3. The number of carbonyl (C=O) groups is 1. The van der Waals surface area contributed by atoms with Gasteiger partial charge in [0.25, 0.3) is 0 Å². The fraction of sp³-hybridized carbons (Fsp3) is 0.318. The van der Waals surface area contributed by atoms with Crippen LogP contribution in [-0.4, -0.2) is 20.7 Å². The molecule has 5 nitrogen and oxygen atoms in total. The number of thioether (sulfide) groups is 1. The van der Waals surface area contributed by atoms with Gasteiger partial charge in [0.05, 0.1) is 0 Å². The van der Waals surface area contributed by atoms with Gasteiger partial charge in [0.1, 0.15) is 11.1 Å². The Kier molecular flexibility index (Phi) is 5.22. The van der Waals surface area contributed by atoms with Crippen molar-refractivity contribution in [3.8, 4) is 0 Å². The van der Waals surface area contributed by atoms with Crippen LogP contribution in [0.5, 0.6) is 0 Å². The molecule has 0 unspecified atom stereocenters. The summed E-state index contributed by atoms with van der Waals surface area (Å²) in [6.07, 6.45) is 2.30. The summed E-state index contributed by atoms with van der Waals surface area (Å²) in [7, 11) is 0. The molecule has 1 aliphatic rings. The smallest absolute Gasteiger partial charge is 0.242 e. The van der Waals surface area contributed by atoms with Crippen molar-refractivity contribution in [3.05, 3.63) is 71.0 Å². The van der Waals surface area contributed by atoms with Crippen LogP contribution in [0.15, 0.2) is 53.7 Å². The van der Waals surface area contributed by atoms with Gasteiger partial charge in [0, 0.05) is 11.7 Å². The Bertz CT molecular complexity index is 975. The number of amides is 1. The van der Waals surface area contributed by atoms with Gasteiger partial charge < -0.3 is 9.88 Å². The molecular weight excluding hydrogens is 368 g/mol. The second kappa shape index (κ2) is 7.80. The van der Waals surface area contributed by atoms with Crippen LogP contribution in [0.25, 0.3) is 0 Å². The van der Waals surface area contributed by atoms with Gasteiger partial charge in [-0.1, -0.05) is 48.2 Å². The highest BCUT2D eigenvalue weighted by atomic mass is 32.2. The van der Waals surface area contributed by atoms with E-state index in [-0.39, 0.29) is 5.91 Å². The van der Waals surface area contributed by atoms with E-state index in [2.05, 4.69) is 26.1 Å². The Morgan fingerprint density at radius 1 is 1.07 bits per heavy atom. The van der Waals surface area contributed by atoms with E-state index in [4.69, 9.17) is 0 Å². The number of benzene rings is 2. The van der Waals surface area contributed by atoms with E-state index in [0.717, 1.165) is 46.2 Å². The van der Waals surface area contributed by atoms with Crippen molar-refractivity contribution in [1.29, 1.82) is 0 Å². The Morgan fingerprint density at radius 2 is 1.75 bits per heavy atom. The van der Waals surface area contributed by atoms with Crippen LogP contribution in [0.4, 0.5) is 5.69 Å². The van der Waals surface area contributed by atoms with E-state index in [9.17, 15) is 4.79 Å². The molecule has 1 saturated carbocycles. The average Bonchev–Trinajstić information content (AvgIpc) is 3.42. The monoisotopic (exact) mass is 392 g/mol. The molecule has 0 bridgehead atoms. The predicted molar refractivity (Wildman–Crippen MR) is 113 cm³/mol. The summed E-state index contributed by atoms with van der Waals surface area (Å²) in [6, 6.07) is 16.4. The Hall–Kier alpha value is -2.60. The minimum absolute atomic E-state index is 0.0517. The summed E-state index contributed by atoms with van der Waals surface area (Å²) >= 11 is 1.47. The Morgan fingerprint density at radius 3 is 2.39 bits per heavy atom. The van der Waals surface area contributed by atoms with Gasteiger partial charge in [-0.2, -0.15) is 0 Å². The van der Waals surface area contributed by atoms with Crippen LogP contribution < -0.4 is 5.32 Å². The molecule has 144 valence electrons. The largest absolute Gasteiger partial charge is 0.325 e. The van der Waals surface area contributed by atoms with Crippen molar-refractivity contribution < 1.29 is 4.79 Å². The number of anilines is 1. The topological polar surface area (TPSA) is 59.8 Å². The Balaban J connectivity index is 1.63. The van der Waals surface area contributed by atoms with Crippen molar-refractivity contribution >= 4 is 23.4 Å². The lowest BCUT2D eigenvalue weighted by molar-refractivity contribution is -0.115. The summed E-state index contributed by atoms with van der Waals surface area (Å²) in [6.45, 7) is 6.04. The number of nitrogens with one attached hydrogen (secondary N) is 1. The van der Waals surface area contributed by atoms with Crippen LogP contribution in [-0.2, 0) is 4.79 Å². The van der Waals surface area contributed by atoms with E-state index in [1.54, 1.807) is 0 Å². The number of hydrogen-bond acceptors (Lipinski definition) is 4. The second-order valence-corrected chi connectivity index (χ2v) is 8.48. The molecule has 1 amide bonds. The van der Waals surface area contributed by atoms with Crippen molar-refractivity contribution in [3.63, 3.8) is 0 Å². The zero-order valence-corrected chi connectivity index (χ0v) is 17.2. The molecule has 4 rings (SSSR count). The number of carbonyl (C=O) groups excluding carboxylic acids is 1. The lowest BCUT2D eigenvalue weighted by atomic mass is 10.1. The number of aryl methyl sites for hydroxylation is 3. The van der Waals surface area contributed by atoms with Crippen molar-refractivity contribution in [1.82, 2.24) is 14.8 Å². The summed E-state index contributed by atoms with van der Waals surface area (Å²) < 4.78 is 2.17. The van der Waals surface area contributed by atoms with Crippen LogP contribution in [0.3, 0.4) is 0 Å². The van der Waals surface area contributed by atoms with Crippen LogP contribution in [0, 0.1) is 20.8 Å². The van der Waals surface area contributed by atoms with Crippen molar-refractivity contribution in [2.75, 3.05) is 5.32 Å². The fourth-order valence-corrected chi connectivity index (χ4v) is 4.60. The van der Waals surface area contributed by atoms with Crippen LogP contribution in [0.2, 0.25) is 0 Å². The highest BCUT2D eigenvalue weighted by Gasteiger charge is 2.31. The van der Waals surface area contributed by atoms with E-state index in [0.29, 0.717) is 6.04 Å². The predicted octanol–water partition coefficient (Wildman–Crippen LogP) is 5.01. The van der Waals surface area contributed by atoms with E-state index in [1.807, 2.05) is 63.2 Å².